The number of benzene rings is 3. The van der Waals surface area contributed by atoms with E-state index in [0.717, 1.165) is 4.90 Å². The van der Waals surface area contributed by atoms with Gasteiger partial charge in [-0.05, 0) is 54.6 Å². The molecule has 1 saturated heterocycles. The van der Waals surface area contributed by atoms with Gasteiger partial charge in [0.2, 0.25) is 11.7 Å². The zero-order chi connectivity index (χ0) is 30.1. The van der Waals surface area contributed by atoms with Crippen molar-refractivity contribution in [1.82, 2.24) is 0 Å². The van der Waals surface area contributed by atoms with Crippen molar-refractivity contribution in [3.05, 3.63) is 105 Å². The van der Waals surface area contributed by atoms with Crippen molar-refractivity contribution in [2.75, 3.05) is 41.3 Å². The summed E-state index contributed by atoms with van der Waals surface area (Å²) in [5, 5.41) is 3.90. The average molecular weight is 643 g/mol. The standard InChI is InChI=1S/C29H19Cl3F5N3O2/c30-15-1-5-18(19(31)13-15)22-7-3-17(42-22)4-8-23(41)38-16-2-6-21(20(32)14-16)39-9-11-40(12-10-39)29-27(36)25(34)24(33)26(35)28(29)37/h1-8,13-14H,9-12H2,(H,38,41)/b8-4+. The van der Waals surface area contributed by atoms with Gasteiger partial charge in [-0.1, -0.05) is 34.8 Å². The van der Waals surface area contributed by atoms with Crippen LogP contribution in [-0.4, -0.2) is 32.1 Å². The number of halogens is 8. The first-order valence-electron chi connectivity index (χ1n) is 12.4. The molecule has 42 heavy (non-hydrogen) atoms. The molecule has 1 aliphatic heterocycles. The first-order chi connectivity index (χ1) is 20.0. The fourth-order valence-corrected chi connectivity index (χ4v) is 5.30. The van der Waals surface area contributed by atoms with Crippen LogP contribution in [0.25, 0.3) is 17.4 Å². The number of amides is 1. The molecule has 0 aliphatic carbocycles. The molecule has 4 aromatic rings. The summed E-state index contributed by atoms with van der Waals surface area (Å²) in [4.78, 5) is 15.4. The Kier molecular flexibility index (Phi) is 8.68. The van der Waals surface area contributed by atoms with Gasteiger partial charge in [-0.15, -0.1) is 0 Å². The lowest BCUT2D eigenvalue weighted by molar-refractivity contribution is -0.111. The van der Waals surface area contributed by atoms with Gasteiger partial charge in [0.25, 0.3) is 0 Å². The average Bonchev–Trinajstić information content (AvgIpc) is 3.43. The Hall–Kier alpha value is -3.73. The summed E-state index contributed by atoms with van der Waals surface area (Å²) in [6.07, 6.45) is 2.77. The molecule has 218 valence electrons. The number of nitrogens with zero attached hydrogens (tertiary/aromatic N) is 2. The van der Waals surface area contributed by atoms with Crippen molar-refractivity contribution < 1.29 is 31.2 Å². The molecule has 2 heterocycles. The van der Waals surface area contributed by atoms with E-state index < -0.39 is 40.7 Å². The SMILES string of the molecule is O=C(/C=C/c1ccc(-c2ccc(Cl)cc2Cl)o1)Nc1ccc(N2CCN(c3c(F)c(F)c(F)c(F)c3F)CC2)c(Cl)c1. The molecule has 5 nitrogen and oxygen atoms in total. The summed E-state index contributed by atoms with van der Waals surface area (Å²) in [6, 6.07) is 13.2. The molecule has 13 heteroatoms. The monoisotopic (exact) mass is 641 g/mol. The van der Waals surface area contributed by atoms with Crippen molar-refractivity contribution in [2.45, 2.75) is 0 Å². The topological polar surface area (TPSA) is 48.7 Å². The minimum Gasteiger partial charge on any atom is -0.457 e. The third-order valence-electron chi connectivity index (χ3n) is 6.56. The highest BCUT2D eigenvalue weighted by molar-refractivity contribution is 6.36. The minimum atomic E-state index is -2.20. The maximum absolute atomic E-state index is 14.2. The zero-order valence-corrected chi connectivity index (χ0v) is 23.6. The normalized spacial score (nSPS) is 13.7. The molecule has 0 spiro atoms. The third kappa shape index (κ3) is 6.06. The lowest BCUT2D eigenvalue weighted by atomic mass is 10.2. The molecule has 0 unspecified atom stereocenters. The second-order valence-electron chi connectivity index (χ2n) is 9.21. The molecule has 0 atom stereocenters. The van der Waals surface area contributed by atoms with Crippen molar-refractivity contribution in [3.63, 3.8) is 0 Å². The quantitative estimate of drug-likeness (QED) is 0.0991. The van der Waals surface area contributed by atoms with Crippen LogP contribution in [0.4, 0.5) is 39.0 Å². The molecule has 1 amide bonds. The number of carbonyl (C=O) groups is 1. The molecule has 0 saturated carbocycles. The summed E-state index contributed by atoms with van der Waals surface area (Å²) in [5.74, 6) is -9.43. The Morgan fingerprint density at radius 3 is 2.05 bits per heavy atom. The van der Waals surface area contributed by atoms with E-state index in [0.29, 0.717) is 38.5 Å². The highest BCUT2D eigenvalue weighted by Gasteiger charge is 2.31. The van der Waals surface area contributed by atoms with Crippen LogP contribution in [0, 0.1) is 29.1 Å². The maximum Gasteiger partial charge on any atom is 0.248 e. The van der Waals surface area contributed by atoms with Crippen LogP contribution in [0.2, 0.25) is 15.1 Å². The van der Waals surface area contributed by atoms with Crippen molar-refractivity contribution in [3.8, 4) is 11.3 Å². The fraction of sp³-hybridized carbons (Fsp3) is 0.138. The summed E-state index contributed by atoms with van der Waals surface area (Å²) < 4.78 is 74.9. The fourth-order valence-electron chi connectivity index (χ4n) is 4.50. The van der Waals surface area contributed by atoms with Gasteiger partial charge in [0.05, 0.1) is 15.7 Å². The van der Waals surface area contributed by atoms with Crippen molar-refractivity contribution >= 4 is 63.8 Å². The number of hydrogen-bond acceptors (Lipinski definition) is 4. The lowest BCUT2D eigenvalue weighted by Gasteiger charge is -2.38. The van der Waals surface area contributed by atoms with Gasteiger partial charge in [0.15, 0.2) is 23.3 Å². The third-order valence-corrected chi connectivity index (χ3v) is 7.41. The zero-order valence-electron chi connectivity index (χ0n) is 21.3. The molecule has 1 aromatic heterocycles. The van der Waals surface area contributed by atoms with E-state index in [9.17, 15) is 26.7 Å². The van der Waals surface area contributed by atoms with Crippen LogP contribution < -0.4 is 15.1 Å². The Balaban J connectivity index is 1.20. The van der Waals surface area contributed by atoms with Gasteiger partial charge in [-0.3, -0.25) is 4.79 Å². The number of anilines is 3. The largest absolute Gasteiger partial charge is 0.457 e. The number of carbonyl (C=O) groups excluding carboxylic acids is 1. The van der Waals surface area contributed by atoms with Crippen molar-refractivity contribution in [1.29, 1.82) is 0 Å². The summed E-state index contributed by atoms with van der Waals surface area (Å²) in [7, 11) is 0. The minimum absolute atomic E-state index is 0.0172. The molecule has 0 radical (unpaired) electrons. The molecule has 1 aliphatic rings. The molecular formula is C29H19Cl3F5N3O2. The van der Waals surface area contributed by atoms with Crippen LogP contribution in [0.1, 0.15) is 5.76 Å². The summed E-state index contributed by atoms with van der Waals surface area (Å²) >= 11 is 18.6. The summed E-state index contributed by atoms with van der Waals surface area (Å²) in [5.41, 5.74) is 0.680. The molecule has 5 rings (SSSR count). The molecule has 1 N–H and O–H groups in total. The molecular weight excluding hydrogens is 624 g/mol. The van der Waals surface area contributed by atoms with E-state index in [4.69, 9.17) is 39.2 Å². The van der Waals surface area contributed by atoms with Gasteiger partial charge in [0.1, 0.15) is 17.2 Å². The molecule has 3 aromatic carbocycles. The van der Waals surface area contributed by atoms with E-state index >= 15 is 0 Å². The van der Waals surface area contributed by atoms with E-state index in [1.165, 1.54) is 18.2 Å². The highest BCUT2D eigenvalue weighted by atomic mass is 35.5. The highest BCUT2D eigenvalue weighted by Crippen LogP contribution is 2.34. The van der Waals surface area contributed by atoms with E-state index in [1.807, 2.05) is 0 Å². The van der Waals surface area contributed by atoms with Crippen molar-refractivity contribution in [2.24, 2.45) is 0 Å². The van der Waals surface area contributed by atoms with Crippen LogP contribution >= 0.6 is 34.8 Å². The smallest absolute Gasteiger partial charge is 0.248 e. The number of nitrogens with one attached hydrogen (secondary N) is 1. The predicted octanol–water partition coefficient (Wildman–Crippen LogP) is 8.58. The van der Waals surface area contributed by atoms with Crippen LogP contribution in [-0.2, 0) is 4.79 Å². The first-order valence-corrected chi connectivity index (χ1v) is 13.5. The molecule has 1 fully saturated rings. The number of rotatable bonds is 6. The van der Waals surface area contributed by atoms with Gasteiger partial charge >= 0.3 is 0 Å². The van der Waals surface area contributed by atoms with Crippen LogP contribution in [0.15, 0.2) is 59.0 Å². The Morgan fingerprint density at radius 2 is 1.40 bits per heavy atom. The lowest BCUT2D eigenvalue weighted by Crippen LogP contribution is -2.47. The second kappa shape index (κ2) is 12.2. The van der Waals surface area contributed by atoms with Gasteiger partial charge < -0.3 is 19.5 Å². The Bertz CT molecular complexity index is 1680. The van der Waals surface area contributed by atoms with E-state index in [2.05, 4.69) is 5.32 Å². The number of piperazine rings is 1. The summed E-state index contributed by atoms with van der Waals surface area (Å²) in [6.45, 7) is 0.355. The Morgan fingerprint density at radius 1 is 0.762 bits per heavy atom. The maximum atomic E-state index is 14.2. The number of furan rings is 1. The Labute approximate surface area is 251 Å². The van der Waals surface area contributed by atoms with Crippen LogP contribution in [0.5, 0.6) is 0 Å². The van der Waals surface area contributed by atoms with E-state index in [-0.39, 0.29) is 31.2 Å². The molecule has 0 bridgehead atoms. The first kappa shape index (κ1) is 29.8. The van der Waals surface area contributed by atoms with E-state index in [1.54, 1.807) is 47.4 Å². The second-order valence-corrected chi connectivity index (χ2v) is 10.5. The van der Waals surface area contributed by atoms with Crippen LogP contribution in [0.3, 0.4) is 0 Å². The number of hydrogen-bond donors (Lipinski definition) is 1. The van der Waals surface area contributed by atoms with Gasteiger partial charge in [-0.2, -0.15) is 0 Å². The van der Waals surface area contributed by atoms with Gasteiger partial charge in [0, 0.05) is 48.5 Å². The van der Waals surface area contributed by atoms with Gasteiger partial charge in [-0.25, -0.2) is 22.0 Å². The predicted molar refractivity (Wildman–Crippen MR) is 154 cm³/mol.